The molecule has 0 saturated heterocycles. The summed E-state index contributed by atoms with van der Waals surface area (Å²) in [7, 11) is 0. The molecule has 1 amide bonds. The van der Waals surface area contributed by atoms with E-state index in [1.165, 1.54) is 0 Å². The Morgan fingerprint density at radius 3 is 2.62 bits per heavy atom. The van der Waals surface area contributed by atoms with Crippen molar-refractivity contribution >= 4 is 50.7 Å². The number of carbonyl (C=O) groups excluding carboxylic acids is 1. The fraction of sp³-hybridized carbons (Fsp3) is 0.133. The normalized spacial score (nSPS) is 10.3. The molecule has 0 spiro atoms. The van der Waals surface area contributed by atoms with Crippen LogP contribution in [-0.2, 0) is 4.79 Å². The first-order chi connectivity index (χ1) is 9.97. The molecule has 0 bridgehead atoms. The number of carbonyl (C=O) groups is 1. The number of ether oxygens (including phenoxy) is 1. The number of rotatable bonds is 4. The standard InChI is InChI=1S/C15H12BrCl2NO2/c1-9-6-10(16)7-12(18)15(9)21-8-14(20)19-13-5-3-2-4-11(13)17/h2-7H,8H2,1H3,(H,19,20). The van der Waals surface area contributed by atoms with E-state index >= 15 is 0 Å². The van der Waals surface area contributed by atoms with Crippen LogP contribution in [0.1, 0.15) is 5.56 Å². The summed E-state index contributed by atoms with van der Waals surface area (Å²) in [6, 6.07) is 10.6. The van der Waals surface area contributed by atoms with Gasteiger partial charge in [0, 0.05) is 4.47 Å². The molecule has 3 nitrogen and oxygen atoms in total. The maximum Gasteiger partial charge on any atom is 0.262 e. The minimum absolute atomic E-state index is 0.145. The molecule has 0 atom stereocenters. The van der Waals surface area contributed by atoms with E-state index in [0.717, 1.165) is 10.0 Å². The molecular weight excluding hydrogens is 377 g/mol. The van der Waals surface area contributed by atoms with Crippen LogP contribution in [0.25, 0.3) is 0 Å². The predicted molar refractivity (Wildman–Crippen MR) is 89.5 cm³/mol. The van der Waals surface area contributed by atoms with Gasteiger partial charge in [0.1, 0.15) is 5.75 Å². The monoisotopic (exact) mass is 387 g/mol. The van der Waals surface area contributed by atoms with Crippen LogP contribution in [-0.4, -0.2) is 12.5 Å². The molecule has 2 rings (SSSR count). The molecular formula is C15H12BrCl2NO2. The van der Waals surface area contributed by atoms with Crippen molar-refractivity contribution in [3.8, 4) is 5.75 Å². The molecule has 1 N–H and O–H groups in total. The Kier molecular flexibility index (Phi) is 5.51. The molecule has 110 valence electrons. The molecule has 0 unspecified atom stereocenters. The maximum absolute atomic E-state index is 11.9. The summed E-state index contributed by atoms with van der Waals surface area (Å²) in [5.74, 6) is 0.190. The summed E-state index contributed by atoms with van der Waals surface area (Å²) >= 11 is 15.4. The highest BCUT2D eigenvalue weighted by Crippen LogP contribution is 2.32. The van der Waals surface area contributed by atoms with Gasteiger partial charge in [-0.05, 0) is 36.8 Å². The van der Waals surface area contributed by atoms with Crippen LogP contribution < -0.4 is 10.1 Å². The van der Waals surface area contributed by atoms with Crippen molar-refractivity contribution in [2.24, 2.45) is 0 Å². The second kappa shape index (κ2) is 7.16. The summed E-state index contributed by atoms with van der Waals surface area (Å²) in [6.07, 6.45) is 0. The van der Waals surface area contributed by atoms with Gasteiger partial charge in [-0.3, -0.25) is 4.79 Å². The summed E-state index contributed by atoms with van der Waals surface area (Å²) in [5.41, 5.74) is 1.39. The van der Waals surface area contributed by atoms with Gasteiger partial charge < -0.3 is 10.1 Å². The fourth-order valence-electron chi connectivity index (χ4n) is 1.76. The van der Waals surface area contributed by atoms with E-state index in [2.05, 4.69) is 21.2 Å². The summed E-state index contributed by atoms with van der Waals surface area (Å²) in [4.78, 5) is 11.9. The Labute approximate surface area is 141 Å². The van der Waals surface area contributed by atoms with Crippen molar-refractivity contribution in [3.63, 3.8) is 0 Å². The average Bonchev–Trinajstić information content (AvgIpc) is 2.40. The third-order valence-corrected chi connectivity index (χ3v) is 3.76. The number of amides is 1. The van der Waals surface area contributed by atoms with Gasteiger partial charge in [0.15, 0.2) is 6.61 Å². The fourth-order valence-corrected chi connectivity index (χ4v) is 2.97. The number of nitrogens with one attached hydrogen (secondary N) is 1. The Hall–Kier alpha value is -1.23. The van der Waals surface area contributed by atoms with Crippen molar-refractivity contribution in [2.75, 3.05) is 11.9 Å². The first-order valence-corrected chi connectivity index (χ1v) is 7.65. The smallest absolute Gasteiger partial charge is 0.262 e. The van der Waals surface area contributed by atoms with Gasteiger partial charge in [0.2, 0.25) is 0 Å². The molecule has 0 aliphatic carbocycles. The number of para-hydroxylation sites is 1. The zero-order valence-corrected chi connectivity index (χ0v) is 14.2. The van der Waals surface area contributed by atoms with Gasteiger partial charge in [-0.1, -0.05) is 51.3 Å². The Morgan fingerprint density at radius 1 is 1.24 bits per heavy atom. The lowest BCUT2D eigenvalue weighted by Crippen LogP contribution is -2.20. The second-order valence-electron chi connectivity index (χ2n) is 4.35. The van der Waals surface area contributed by atoms with Crippen molar-refractivity contribution < 1.29 is 9.53 Å². The molecule has 2 aromatic carbocycles. The molecule has 0 fully saturated rings. The predicted octanol–water partition coefficient (Wildman–Crippen LogP) is 5.08. The molecule has 0 saturated carbocycles. The van der Waals surface area contributed by atoms with Crippen LogP contribution in [0, 0.1) is 6.92 Å². The molecule has 21 heavy (non-hydrogen) atoms. The second-order valence-corrected chi connectivity index (χ2v) is 6.08. The first kappa shape index (κ1) is 16.1. The number of halogens is 3. The van der Waals surface area contributed by atoms with Crippen LogP contribution >= 0.6 is 39.1 Å². The number of anilines is 1. The number of hydrogen-bond donors (Lipinski definition) is 1. The van der Waals surface area contributed by atoms with E-state index in [4.69, 9.17) is 27.9 Å². The third kappa shape index (κ3) is 4.37. The summed E-state index contributed by atoms with van der Waals surface area (Å²) in [6.45, 7) is 1.71. The van der Waals surface area contributed by atoms with Gasteiger partial charge in [-0.15, -0.1) is 0 Å². The first-order valence-electron chi connectivity index (χ1n) is 6.10. The minimum atomic E-state index is -0.304. The minimum Gasteiger partial charge on any atom is -0.482 e. The molecule has 6 heteroatoms. The molecule has 0 aliphatic rings. The van der Waals surface area contributed by atoms with Crippen LogP contribution in [0.2, 0.25) is 10.0 Å². The van der Waals surface area contributed by atoms with Crippen molar-refractivity contribution in [3.05, 3.63) is 56.5 Å². The van der Waals surface area contributed by atoms with E-state index in [0.29, 0.717) is 21.5 Å². The Balaban J connectivity index is 2.01. The van der Waals surface area contributed by atoms with E-state index in [-0.39, 0.29) is 12.5 Å². The van der Waals surface area contributed by atoms with Crippen LogP contribution in [0.15, 0.2) is 40.9 Å². The van der Waals surface area contributed by atoms with Crippen molar-refractivity contribution in [1.82, 2.24) is 0 Å². The highest BCUT2D eigenvalue weighted by Gasteiger charge is 2.11. The lowest BCUT2D eigenvalue weighted by molar-refractivity contribution is -0.118. The summed E-state index contributed by atoms with van der Waals surface area (Å²) in [5, 5.41) is 3.61. The van der Waals surface area contributed by atoms with Crippen LogP contribution in [0.5, 0.6) is 5.75 Å². The van der Waals surface area contributed by atoms with E-state index < -0.39 is 0 Å². The van der Waals surface area contributed by atoms with E-state index in [9.17, 15) is 4.79 Å². The number of benzene rings is 2. The van der Waals surface area contributed by atoms with Gasteiger partial charge in [-0.2, -0.15) is 0 Å². The van der Waals surface area contributed by atoms with Crippen LogP contribution in [0.4, 0.5) is 5.69 Å². The quantitative estimate of drug-likeness (QED) is 0.792. The third-order valence-electron chi connectivity index (χ3n) is 2.69. The van der Waals surface area contributed by atoms with Gasteiger partial charge >= 0.3 is 0 Å². The molecule has 0 aliphatic heterocycles. The Morgan fingerprint density at radius 2 is 1.95 bits per heavy atom. The summed E-state index contributed by atoms with van der Waals surface area (Å²) < 4.78 is 6.35. The largest absolute Gasteiger partial charge is 0.482 e. The lowest BCUT2D eigenvalue weighted by Gasteiger charge is -2.12. The topological polar surface area (TPSA) is 38.3 Å². The zero-order valence-electron chi connectivity index (χ0n) is 11.1. The van der Waals surface area contributed by atoms with E-state index in [1.54, 1.807) is 30.3 Å². The number of aryl methyl sites for hydroxylation is 1. The van der Waals surface area contributed by atoms with Gasteiger partial charge in [0.25, 0.3) is 5.91 Å². The van der Waals surface area contributed by atoms with Gasteiger partial charge in [0.05, 0.1) is 15.7 Å². The molecule has 0 aromatic heterocycles. The van der Waals surface area contributed by atoms with Crippen molar-refractivity contribution in [1.29, 1.82) is 0 Å². The molecule has 2 aromatic rings. The lowest BCUT2D eigenvalue weighted by atomic mass is 10.2. The highest BCUT2D eigenvalue weighted by atomic mass is 79.9. The molecule has 0 heterocycles. The SMILES string of the molecule is Cc1cc(Br)cc(Cl)c1OCC(=O)Nc1ccccc1Cl. The van der Waals surface area contributed by atoms with Crippen LogP contribution in [0.3, 0.4) is 0 Å². The molecule has 0 radical (unpaired) electrons. The highest BCUT2D eigenvalue weighted by molar-refractivity contribution is 9.10. The average molecular weight is 389 g/mol. The maximum atomic E-state index is 11.9. The van der Waals surface area contributed by atoms with Crippen molar-refractivity contribution in [2.45, 2.75) is 6.92 Å². The Bertz CT molecular complexity index is 653. The van der Waals surface area contributed by atoms with E-state index in [1.807, 2.05) is 13.0 Å². The zero-order chi connectivity index (χ0) is 15.4. The number of hydrogen-bond acceptors (Lipinski definition) is 2. The van der Waals surface area contributed by atoms with Gasteiger partial charge in [-0.25, -0.2) is 0 Å².